The highest BCUT2D eigenvalue weighted by Crippen LogP contribution is 2.30. The lowest BCUT2D eigenvalue weighted by Crippen LogP contribution is -2.51. The number of carbonyl (C=O) groups is 2. The first-order valence-corrected chi connectivity index (χ1v) is 12.5. The van der Waals surface area contributed by atoms with Gasteiger partial charge >= 0.3 is 0 Å². The number of rotatable bonds is 7. The van der Waals surface area contributed by atoms with Gasteiger partial charge in [0.15, 0.2) is 0 Å². The Morgan fingerprint density at radius 1 is 1.03 bits per heavy atom. The van der Waals surface area contributed by atoms with Gasteiger partial charge in [0.2, 0.25) is 11.8 Å². The Bertz CT molecular complexity index is 985. The summed E-state index contributed by atoms with van der Waals surface area (Å²) in [5.41, 5.74) is 1.55. The fourth-order valence-electron chi connectivity index (χ4n) is 4.68. The molecule has 3 fully saturated rings. The molecule has 0 aliphatic carbocycles. The third kappa shape index (κ3) is 5.80. The van der Waals surface area contributed by atoms with Crippen LogP contribution in [0.25, 0.3) is 0 Å². The maximum atomic E-state index is 13.1. The van der Waals surface area contributed by atoms with Crippen LogP contribution in [0, 0.1) is 5.92 Å². The monoisotopic (exact) mass is 479 g/mol. The summed E-state index contributed by atoms with van der Waals surface area (Å²) in [6, 6.07) is 11.4. The minimum atomic E-state index is -0.0257. The van der Waals surface area contributed by atoms with Crippen molar-refractivity contribution in [2.75, 3.05) is 63.9 Å². The zero-order valence-corrected chi connectivity index (χ0v) is 20.0. The van der Waals surface area contributed by atoms with Crippen molar-refractivity contribution in [1.29, 1.82) is 0 Å². The quantitative estimate of drug-likeness (QED) is 0.646. The first-order chi connectivity index (χ1) is 17.2. The van der Waals surface area contributed by atoms with Gasteiger partial charge in [0.05, 0.1) is 37.6 Å². The average Bonchev–Trinajstić information content (AvgIpc) is 2.86. The van der Waals surface area contributed by atoms with Crippen LogP contribution in [0.3, 0.4) is 0 Å². The number of nitrogens with one attached hydrogen (secondary N) is 1. The SMILES string of the molecule is O=C(CN1CCOCC1)N1CCC(Oc2ccc(N(C(=O)C3CNC3)c3cccnc3)cc2)CC1. The Balaban J connectivity index is 1.16. The molecule has 1 aromatic heterocycles. The molecule has 2 aromatic rings. The number of hydrogen-bond donors (Lipinski definition) is 1. The molecule has 0 spiro atoms. The van der Waals surface area contributed by atoms with Crippen LogP contribution in [0.15, 0.2) is 48.8 Å². The predicted octanol–water partition coefficient (Wildman–Crippen LogP) is 1.67. The Morgan fingerprint density at radius 2 is 1.77 bits per heavy atom. The van der Waals surface area contributed by atoms with Gasteiger partial charge in [-0.1, -0.05) is 0 Å². The van der Waals surface area contributed by atoms with Gasteiger partial charge in [-0.2, -0.15) is 0 Å². The van der Waals surface area contributed by atoms with Crippen molar-refractivity contribution >= 4 is 23.2 Å². The first kappa shape index (κ1) is 23.7. The first-order valence-electron chi connectivity index (χ1n) is 12.5. The number of hydrogen-bond acceptors (Lipinski definition) is 7. The van der Waals surface area contributed by atoms with Crippen LogP contribution >= 0.6 is 0 Å². The molecular weight excluding hydrogens is 446 g/mol. The number of piperidine rings is 1. The highest BCUT2D eigenvalue weighted by molar-refractivity contribution is 6.02. The second kappa shape index (κ2) is 11.2. The van der Waals surface area contributed by atoms with E-state index < -0.39 is 0 Å². The molecule has 3 aliphatic rings. The van der Waals surface area contributed by atoms with Crippen LogP contribution in [-0.4, -0.2) is 91.7 Å². The number of likely N-dealkylation sites (tertiary alicyclic amines) is 1. The van der Waals surface area contributed by atoms with Gasteiger partial charge in [0, 0.05) is 64.0 Å². The number of anilines is 2. The van der Waals surface area contributed by atoms with Gasteiger partial charge in [-0.05, 0) is 36.4 Å². The van der Waals surface area contributed by atoms with Crippen LogP contribution in [0.4, 0.5) is 11.4 Å². The molecule has 3 saturated heterocycles. The molecule has 4 heterocycles. The number of ether oxygens (including phenoxy) is 2. The number of pyridine rings is 1. The maximum absolute atomic E-state index is 13.1. The van der Waals surface area contributed by atoms with Crippen LogP contribution in [0.1, 0.15) is 12.8 Å². The molecule has 0 radical (unpaired) electrons. The summed E-state index contributed by atoms with van der Waals surface area (Å²) >= 11 is 0. The van der Waals surface area contributed by atoms with Gasteiger partial charge in [0.25, 0.3) is 0 Å². The van der Waals surface area contributed by atoms with Crippen molar-refractivity contribution in [3.8, 4) is 5.75 Å². The van der Waals surface area contributed by atoms with E-state index in [1.807, 2.05) is 41.3 Å². The number of morpholine rings is 1. The summed E-state index contributed by atoms with van der Waals surface area (Å²) in [5.74, 6) is 1.01. The molecule has 0 bridgehead atoms. The molecule has 0 saturated carbocycles. The fourth-order valence-corrected chi connectivity index (χ4v) is 4.68. The summed E-state index contributed by atoms with van der Waals surface area (Å²) in [7, 11) is 0. The van der Waals surface area contributed by atoms with E-state index in [0.29, 0.717) is 45.9 Å². The van der Waals surface area contributed by atoms with E-state index >= 15 is 0 Å². The normalized spacial score (nSPS) is 19.7. The summed E-state index contributed by atoms with van der Waals surface area (Å²) in [5, 5.41) is 3.17. The molecule has 0 unspecified atom stereocenters. The molecular formula is C26H33N5O4. The number of carbonyl (C=O) groups excluding carboxylic acids is 2. The highest BCUT2D eigenvalue weighted by Gasteiger charge is 2.31. The summed E-state index contributed by atoms with van der Waals surface area (Å²) in [6.45, 7) is 6.34. The second-order valence-electron chi connectivity index (χ2n) is 9.32. The van der Waals surface area contributed by atoms with E-state index in [-0.39, 0.29) is 23.8 Å². The smallest absolute Gasteiger partial charge is 0.237 e. The largest absolute Gasteiger partial charge is 0.490 e. The molecule has 186 valence electrons. The van der Waals surface area contributed by atoms with Crippen LogP contribution in [0.2, 0.25) is 0 Å². The third-order valence-electron chi connectivity index (χ3n) is 6.91. The van der Waals surface area contributed by atoms with Crippen LogP contribution < -0.4 is 15.0 Å². The lowest BCUT2D eigenvalue weighted by atomic mass is 10.0. The van der Waals surface area contributed by atoms with E-state index in [1.54, 1.807) is 17.3 Å². The van der Waals surface area contributed by atoms with E-state index in [9.17, 15) is 9.59 Å². The lowest BCUT2D eigenvalue weighted by molar-refractivity contribution is -0.135. The van der Waals surface area contributed by atoms with Crippen molar-refractivity contribution in [1.82, 2.24) is 20.1 Å². The van der Waals surface area contributed by atoms with Crippen molar-refractivity contribution in [2.45, 2.75) is 18.9 Å². The maximum Gasteiger partial charge on any atom is 0.237 e. The minimum Gasteiger partial charge on any atom is -0.490 e. The highest BCUT2D eigenvalue weighted by atomic mass is 16.5. The topological polar surface area (TPSA) is 87.2 Å². The van der Waals surface area contributed by atoms with Crippen molar-refractivity contribution in [3.05, 3.63) is 48.8 Å². The zero-order valence-electron chi connectivity index (χ0n) is 20.0. The van der Waals surface area contributed by atoms with Gasteiger partial charge in [-0.25, -0.2) is 0 Å². The predicted molar refractivity (Wildman–Crippen MR) is 132 cm³/mol. The van der Waals surface area contributed by atoms with E-state index in [0.717, 1.165) is 43.1 Å². The Labute approximate surface area is 206 Å². The molecule has 2 amide bonds. The van der Waals surface area contributed by atoms with Gasteiger partial charge in [-0.3, -0.25) is 24.4 Å². The molecule has 1 aromatic carbocycles. The standard InChI is InChI=1S/C26H33N5O4/c32-25(19-29-12-14-34-15-13-29)30-10-7-24(8-11-30)35-23-5-3-21(4-6-23)31(22-2-1-9-27-18-22)26(33)20-16-28-17-20/h1-6,9,18,20,24,28H,7-8,10-17,19H2. The van der Waals surface area contributed by atoms with E-state index in [4.69, 9.17) is 9.47 Å². The molecule has 5 rings (SSSR count). The Hall–Kier alpha value is -3.01. The van der Waals surface area contributed by atoms with Crippen molar-refractivity contribution in [3.63, 3.8) is 0 Å². The van der Waals surface area contributed by atoms with E-state index in [2.05, 4.69) is 15.2 Å². The number of amides is 2. The van der Waals surface area contributed by atoms with Crippen molar-refractivity contribution < 1.29 is 19.1 Å². The van der Waals surface area contributed by atoms with Gasteiger partial charge in [0.1, 0.15) is 11.9 Å². The number of benzene rings is 1. The van der Waals surface area contributed by atoms with Crippen molar-refractivity contribution in [2.24, 2.45) is 5.92 Å². The second-order valence-corrected chi connectivity index (χ2v) is 9.32. The molecule has 35 heavy (non-hydrogen) atoms. The summed E-state index contributed by atoms with van der Waals surface area (Å²) in [6.07, 6.45) is 5.11. The minimum absolute atomic E-state index is 0.0257. The average molecular weight is 480 g/mol. The summed E-state index contributed by atoms with van der Waals surface area (Å²) in [4.78, 5) is 35.8. The number of aromatic nitrogens is 1. The molecule has 3 aliphatic heterocycles. The molecule has 0 atom stereocenters. The molecule has 9 heteroatoms. The van der Waals surface area contributed by atoms with Gasteiger partial charge < -0.3 is 19.7 Å². The Morgan fingerprint density at radius 3 is 2.40 bits per heavy atom. The van der Waals surface area contributed by atoms with Gasteiger partial charge in [-0.15, -0.1) is 0 Å². The fraction of sp³-hybridized carbons (Fsp3) is 0.500. The zero-order chi connectivity index (χ0) is 24.0. The molecule has 9 nitrogen and oxygen atoms in total. The third-order valence-corrected chi connectivity index (χ3v) is 6.91. The summed E-state index contributed by atoms with van der Waals surface area (Å²) < 4.78 is 11.6. The van der Waals surface area contributed by atoms with Crippen LogP contribution in [-0.2, 0) is 14.3 Å². The van der Waals surface area contributed by atoms with Crippen LogP contribution in [0.5, 0.6) is 5.75 Å². The Kier molecular flexibility index (Phi) is 7.56. The number of nitrogens with zero attached hydrogens (tertiary/aromatic N) is 4. The molecule has 1 N–H and O–H groups in total. The lowest BCUT2D eigenvalue weighted by Gasteiger charge is -2.34. The van der Waals surface area contributed by atoms with E-state index in [1.165, 1.54) is 0 Å².